The van der Waals surface area contributed by atoms with Gasteiger partial charge in [-0.3, -0.25) is 0 Å². The number of nitrogens with zero attached hydrogens (tertiary/aromatic N) is 3. The second-order valence-electron chi connectivity index (χ2n) is 1.73. The zero-order chi connectivity index (χ0) is 8.10. The maximum Gasteiger partial charge on any atom is 0.144 e. The van der Waals surface area contributed by atoms with Gasteiger partial charge in [0.1, 0.15) is 18.7 Å². The second-order valence-corrected chi connectivity index (χ2v) is 2.59. The molecule has 0 aliphatic rings. The van der Waals surface area contributed by atoms with Crippen LogP contribution in [0.25, 0.3) is 0 Å². The van der Waals surface area contributed by atoms with Gasteiger partial charge in [-0.25, -0.2) is 9.97 Å². The van der Waals surface area contributed by atoms with E-state index in [0.29, 0.717) is 5.82 Å². The van der Waals surface area contributed by atoms with Crippen molar-refractivity contribution < 1.29 is 0 Å². The number of halogens is 1. The lowest BCUT2D eigenvalue weighted by Gasteiger charge is -2.00. The van der Waals surface area contributed by atoms with E-state index < -0.39 is 0 Å². The Morgan fingerprint density at radius 2 is 2.55 bits per heavy atom. The number of aromatic nitrogens is 2. The van der Waals surface area contributed by atoms with Crippen LogP contribution in [0.5, 0.6) is 0 Å². The third-order valence-corrected chi connectivity index (χ3v) is 1.58. The Hall–Kier alpha value is -1.15. The lowest BCUT2D eigenvalue weighted by atomic mass is 10.5. The SMILES string of the molecule is N#CCNc1ncncc1Br. The summed E-state index contributed by atoms with van der Waals surface area (Å²) < 4.78 is 0.759. The van der Waals surface area contributed by atoms with Crippen LogP contribution in [0, 0.1) is 11.3 Å². The van der Waals surface area contributed by atoms with Crippen LogP contribution in [0.4, 0.5) is 5.82 Å². The summed E-state index contributed by atoms with van der Waals surface area (Å²) >= 11 is 3.23. The van der Waals surface area contributed by atoms with Crippen LogP contribution in [0.3, 0.4) is 0 Å². The van der Waals surface area contributed by atoms with Crippen LogP contribution in [0.2, 0.25) is 0 Å². The number of anilines is 1. The van der Waals surface area contributed by atoms with Crippen molar-refractivity contribution in [2.24, 2.45) is 0 Å². The monoisotopic (exact) mass is 212 g/mol. The van der Waals surface area contributed by atoms with Crippen molar-refractivity contribution in [3.63, 3.8) is 0 Å². The summed E-state index contributed by atoms with van der Waals surface area (Å²) in [6.45, 7) is 0.246. The van der Waals surface area contributed by atoms with Gasteiger partial charge in [0.2, 0.25) is 0 Å². The van der Waals surface area contributed by atoms with Crippen molar-refractivity contribution in [1.29, 1.82) is 5.26 Å². The third kappa shape index (κ3) is 2.16. The van der Waals surface area contributed by atoms with Gasteiger partial charge >= 0.3 is 0 Å². The van der Waals surface area contributed by atoms with E-state index in [1.165, 1.54) is 6.33 Å². The minimum absolute atomic E-state index is 0.246. The van der Waals surface area contributed by atoms with Crippen LogP contribution in [-0.4, -0.2) is 16.5 Å². The predicted molar refractivity (Wildman–Crippen MR) is 43.8 cm³/mol. The van der Waals surface area contributed by atoms with Crippen molar-refractivity contribution in [3.05, 3.63) is 17.0 Å². The van der Waals surface area contributed by atoms with Gasteiger partial charge in [0, 0.05) is 6.20 Å². The second kappa shape index (κ2) is 3.88. The summed E-state index contributed by atoms with van der Waals surface area (Å²) in [5.41, 5.74) is 0. The van der Waals surface area contributed by atoms with E-state index in [-0.39, 0.29) is 6.54 Å². The molecule has 0 aromatic carbocycles. The largest absolute Gasteiger partial charge is 0.356 e. The molecule has 1 rings (SSSR count). The molecule has 0 bridgehead atoms. The van der Waals surface area contributed by atoms with E-state index in [2.05, 4.69) is 31.2 Å². The number of hydrogen-bond donors (Lipinski definition) is 1. The maximum atomic E-state index is 8.25. The molecule has 0 saturated heterocycles. The smallest absolute Gasteiger partial charge is 0.144 e. The number of nitrogens with one attached hydrogen (secondary N) is 1. The van der Waals surface area contributed by atoms with Crippen molar-refractivity contribution in [2.75, 3.05) is 11.9 Å². The van der Waals surface area contributed by atoms with Crippen LogP contribution in [0.1, 0.15) is 0 Å². The molecule has 0 atom stereocenters. The molecule has 1 heterocycles. The fourth-order valence-electron chi connectivity index (χ4n) is 0.566. The molecule has 4 nitrogen and oxygen atoms in total. The van der Waals surface area contributed by atoms with Crippen molar-refractivity contribution in [1.82, 2.24) is 9.97 Å². The van der Waals surface area contributed by atoms with Gasteiger partial charge < -0.3 is 5.32 Å². The third-order valence-electron chi connectivity index (χ3n) is 1.00. The highest BCUT2D eigenvalue weighted by atomic mass is 79.9. The first kappa shape index (κ1) is 7.95. The molecule has 56 valence electrons. The van der Waals surface area contributed by atoms with Crippen molar-refractivity contribution in [3.8, 4) is 6.07 Å². The number of rotatable bonds is 2. The summed E-state index contributed by atoms with van der Waals surface area (Å²) in [5, 5.41) is 11.1. The van der Waals surface area contributed by atoms with Gasteiger partial charge in [0.15, 0.2) is 0 Å². The van der Waals surface area contributed by atoms with Crippen molar-refractivity contribution in [2.45, 2.75) is 0 Å². The molecule has 0 amide bonds. The van der Waals surface area contributed by atoms with Gasteiger partial charge in [-0.2, -0.15) is 5.26 Å². The van der Waals surface area contributed by atoms with Crippen LogP contribution >= 0.6 is 15.9 Å². The van der Waals surface area contributed by atoms with E-state index in [0.717, 1.165) is 4.47 Å². The highest BCUT2D eigenvalue weighted by Gasteiger charge is 1.96. The average molecular weight is 213 g/mol. The lowest BCUT2D eigenvalue weighted by molar-refractivity contribution is 1.13. The van der Waals surface area contributed by atoms with Gasteiger partial charge in [-0.15, -0.1) is 0 Å². The summed E-state index contributed by atoms with van der Waals surface area (Å²) in [6, 6.07) is 1.95. The Labute approximate surface area is 72.4 Å². The van der Waals surface area contributed by atoms with Crippen LogP contribution in [0.15, 0.2) is 17.0 Å². The molecule has 0 aliphatic heterocycles. The molecule has 0 spiro atoms. The van der Waals surface area contributed by atoms with E-state index in [1.54, 1.807) is 6.20 Å². The van der Waals surface area contributed by atoms with Gasteiger partial charge in [0.25, 0.3) is 0 Å². The standard InChI is InChI=1S/C6H5BrN4/c7-5-3-9-4-11-6(5)10-2-1-8/h3-4H,2H2,(H,9,10,11). The minimum Gasteiger partial charge on any atom is -0.356 e. The molecule has 11 heavy (non-hydrogen) atoms. The quantitative estimate of drug-likeness (QED) is 0.749. The highest BCUT2D eigenvalue weighted by molar-refractivity contribution is 9.10. The first-order chi connectivity index (χ1) is 5.34. The molecular weight excluding hydrogens is 208 g/mol. The predicted octanol–water partition coefficient (Wildman–Crippen LogP) is 1.17. The Balaban J connectivity index is 2.71. The van der Waals surface area contributed by atoms with Gasteiger partial charge in [-0.05, 0) is 15.9 Å². The van der Waals surface area contributed by atoms with E-state index >= 15 is 0 Å². The molecule has 0 radical (unpaired) electrons. The molecule has 1 aromatic heterocycles. The summed E-state index contributed by atoms with van der Waals surface area (Å²) in [6.07, 6.45) is 3.04. The Morgan fingerprint density at radius 3 is 3.18 bits per heavy atom. The summed E-state index contributed by atoms with van der Waals surface area (Å²) in [4.78, 5) is 7.67. The van der Waals surface area contributed by atoms with Gasteiger partial charge in [-0.1, -0.05) is 0 Å². The fourth-order valence-corrected chi connectivity index (χ4v) is 0.927. The lowest BCUT2D eigenvalue weighted by Crippen LogP contribution is -2.01. The van der Waals surface area contributed by atoms with Crippen molar-refractivity contribution >= 4 is 21.7 Å². The average Bonchev–Trinajstić information content (AvgIpc) is 2.03. The van der Waals surface area contributed by atoms with Gasteiger partial charge in [0.05, 0.1) is 10.5 Å². The molecule has 0 aliphatic carbocycles. The number of hydrogen-bond acceptors (Lipinski definition) is 4. The first-order valence-corrected chi connectivity index (χ1v) is 3.70. The minimum atomic E-state index is 0.246. The Morgan fingerprint density at radius 1 is 1.73 bits per heavy atom. The molecule has 1 N–H and O–H groups in total. The maximum absolute atomic E-state index is 8.25. The molecule has 5 heteroatoms. The molecule has 1 aromatic rings. The summed E-state index contributed by atoms with van der Waals surface area (Å²) in [5.74, 6) is 0.640. The van der Waals surface area contributed by atoms with Crippen LogP contribution in [-0.2, 0) is 0 Å². The normalized spacial score (nSPS) is 8.73. The zero-order valence-corrected chi connectivity index (χ0v) is 7.17. The summed E-state index contributed by atoms with van der Waals surface area (Å²) in [7, 11) is 0. The van der Waals surface area contributed by atoms with E-state index in [9.17, 15) is 0 Å². The highest BCUT2D eigenvalue weighted by Crippen LogP contribution is 2.15. The van der Waals surface area contributed by atoms with E-state index in [1.807, 2.05) is 6.07 Å². The number of nitriles is 1. The Bertz CT molecular complexity index is 280. The first-order valence-electron chi connectivity index (χ1n) is 2.91. The Kier molecular flexibility index (Phi) is 2.81. The zero-order valence-electron chi connectivity index (χ0n) is 5.58. The topological polar surface area (TPSA) is 61.6 Å². The molecule has 0 fully saturated rings. The molecular formula is C6H5BrN4. The molecule has 0 saturated carbocycles. The molecule has 0 unspecified atom stereocenters. The van der Waals surface area contributed by atoms with E-state index in [4.69, 9.17) is 5.26 Å². The fraction of sp³-hybridized carbons (Fsp3) is 0.167. The van der Waals surface area contributed by atoms with Crippen LogP contribution < -0.4 is 5.32 Å².